The van der Waals surface area contributed by atoms with Crippen LogP contribution in [0.4, 0.5) is 0 Å². The maximum atomic E-state index is 5.99. The third kappa shape index (κ3) is 2.01. The molecule has 0 saturated heterocycles. The van der Waals surface area contributed by atoms with E-state index in [0.29, 0.717) is 11.5 Å². The van der Waals surface area contributed by atoms with Crippen LogP contribution in [0.1, 0.15) is 52.9 Å². The highest BCUT2D eigenvalue weighted by molar-refractivity contribution is 4.99. The molecular formula is C11H23N. The van der Waals surface area contributed by atoms with Crippen molar-refractivity contribution in [3.63, 3.8) is 0 Å². The van der Waals surface area contributed by atoms with Gasteiger partial charge in [-0.2, -0.15) is 0 Å². The number of rotatable bonds is 5. The van der Waals surface area contributed by atoms with E-state index >= 15 is 0 Å². The molecule has 1 saturated carbocycles. The summed E-state index contributed by atoms with van der Waals surface area (Å²) in [5.41, 5.74) is 6.54. The lowest BCUT2D eigenvalue weighted by Crippen LogP contribution is -2.29. The third-order valence-electron chi connectivity index (χ3n) is 3.71. The van der Waals surface area contributed by atoms with E-state index in [1.54, 1.807) is 0 Å². The molecule has 1 nitrogen and oxygen atoms in total. The van der Waals surface area contributed by atoms with Crippen LogP contribution in [0.25, 0.3) is 0 Å². The Morgan fingerprint density at radius 1 is 1.25 bits per heavy atom. The molecule has 1 aliphatic carbocycles. The molecule has 1 rings (SSSR count). The summed E-state index contributed by atoms with van der Waals surface area (Å²) < 4.78 is 0. The van der Waals surface area contributed by atoms with Crippen molar-refractivity contribution in [2.24, 2.45) is 17.1 Å². The summed E-state index contributed by atoms with van der Waals surface area (Å²) in [6.07, 6.45) is 6.77. The van der Waals surface area contributed by atoms with Crippen LogP contribution in [0.15, 0.2) is 0 Å². The van der Waals surface area contributed by atoms with E-state index in [9.17, 15) is 0 Å². The van der Waals surface area contributed by atoms with E-state index in [-0.39, 0.29) is 0 Å². The van der Waals surface area contributed by atoms with E-state index < -0.39 is 0 Å². The van der Waals surface area contributed by atoms with Gasteiger partial charge in [0.25, 0.3) is 0 Å². The quantitative estimate of drug-likeness (QED) is 0.673. The predicted octanol–water partition coefficient (Wildman–Crippen LogP) is 2.94. The van der Waals surface area contributed by atoms with Gasteiger partial charge in [-0.1, -0.05) is 26.7 Å². The molecule has 0 aromatic rings. The molecule has 0 aromatic heterocycles. The molecule has 1 atom stereocenters. The monoisotopic (exact) mass is 169 g/mol. The summed E-state index contributed by atoms with van der Waals surface area (Å²) in [6, 6.07) is 0.415. The van der Waals surface area contributed by atoms with E-state index in [4.69, 9.17) is 5.73 Å². The first-order chi connectivity index (χ1) is 5.64. The highest BCUT2D eigenvalue weighted by atomic mass is 14.7. The van der Waals surface area contributed by atoms with E-state index in [2.05, 4.69) is 20.8 Å². The normalized spacial score (nSPS) is 22.8. The zero-order valence-corrected chi connectivity index (χ0v) is 8.77. The van der Waals surface area contributed by atoms with E-state index in [1.807, 2.05) is 0 Å². The lowest BCUT2D eigenvalue weighted by molar-refractivity contribution is 0.298. The van der Waals surface area contributed by atoms with Crippen LogP contribution in [-0.4, -0.2) is 6.04 Å². The maximum absolute atomic E-state index is 5.99. The summed E-state index contributed by atoms with van der Waals surface area (Å²) >= 11 is 0. The van der Waals surface area contributed by atoms with Crippen LogP contribution in [0.2, 0.25) is 0 Å². The van der Waals surface area contributed by atoms with Crippen LogP contribution in [0.5, 0.6) is 0 Å². The van der Waals surface area contributed by atoms with Crippen molar-refractivity contribution < 1.29 is 0 Å². The second-order valence-corrected chi connectivity index (χ2v) is 4.54. The van der Waals surface area contributed by atoms with Gasteiger partial charge in [-0.15, -0.1) is 0 Å². The van der Waals surface area contributed by atoms with Crippen molar-refractivity contribution in [3.8, 4) is 0 Å². The molecule has 0 bridgehead atoms. The van der Waals surface area contributed by atoms with Gasteiger partial charge < -0.3 is 5.73 Å². The SMILES string of the molecule is CCC(CC)CC1(C(C)N)CC1. The van der Waals surface area contributed by atoms with Crippen molar-refractivity contribution >= 4 is 0 Å². The van der Waals surface area contributed by atoms with Gasteiger partial charge in [0.05, 0.1) is 0 Å². The second kappa shape index (κ2) is 3.78. The molecule has 1 unspecified atom stereocenters. The molecule has 0 aromatic carbocycles. The first kappa shape index (κ1) is 10.0. The molecule has 0 amide bonds. The minimum atomic E-state index is 0.415. The van der Waals surface area contributed by atoms with E-state index in [1.165, 1.54) is 32.1 Å². The molecule has 0 aliphatic heterocycles. The Hall–Kier alpha value is -0.0400. The lowest BCUT2D eigenvalue weighted by atomic mass is 9.84. The van der Waals surface area contributed by atoms with Crippen molar-refractivity contribution in [1.82, 2.24) is 0 Å². The first-order valence-corrected chi connectivity index (χ1v) is 5.40. The summed E-state index contributed by atoms with van der Waals surface area (Å²) in [5.74, 6) is 0.915. The van der Waals surface area contributed by atoms with Gasteiger partial charge in [0.2, 0.25) is 0 Å². The van der Waals surface area contributed by atoms with Crippen molar-refractivity contribution in [1.29, 1.82) is 0 Å². The van der Waals surface area contributed by atoms with Crippen LogP contribution in [0, 0.1) is 11.3 Å². The minimum Gasteiger partial charge on any atom is -0.327 e. The summed E-state index contributed by atoms with van der Waals surface area (Å²) in [7, 11) is 0. The number of nitrogens with two attached hydrogens (primary N) is 1. The van der Waals surface area contributed by atoms with Crippen LogP contribution >= 0.6 is 0 Å². The summed E-state index contributed by atoms with van der Waals surface area (Å²) in [6.45, 7) is 6.77. The smallest absolute Gasteiger partial charge is 0.00671 e. The largest absolute Gasteiger partial charge is 0.327 e. The molecule has 1 fully saturated rings. The van der Waals surface area contributed by atoms with Crippen molar-refractivity contribution in [2.45, 2.75) is 58.9 Å². The van der Waals surface area contributed by atoms with Crippen LogP contribution in [0.3, 0.4) is 0 Å². The first-order valence-electron chi connectivity index (χ1n) is 5.40. The standard InChI is InChI=1S/C11H23N/c1-4-10(5-2)8-11(6-7-11)9(3)12/h9-10H,4-8,12H2,1-3H3. The molecule has 2 N–H and O–H groups in total. The summed E-state index contributed by atoms with van der Waals surface area (Å²) in [5, 5.41) is 0. The van der Waals surface area contributed by atoms with Crippen molar-refractivity contribution in [2.75, 3.05) is 0 Å². The van der Waals surface area contributed by atoms with Gasteiger partial charge in [-0.3, -0.25) is 0 Å². The fourth-order valence-electron chi connectivity index (χ4n) is 2.16. The minimum absolute atomic E-state index is 0.415. The number of hydrogen-bond acceptors (Lipinski definition) is 1. The van der Waals surface area contributed by atoms with Crippen LogP contribution in [-0.2, 0) is 0 Å². The topological polar surface area (TPSA) is 26.0 Å². The molecule has 0 spiro atoms. The Labute approximate surface area is 76.7 Å². The second-order valence-electron chi connectivity index (χ2n) is 4.54. The van der Waals surface area contributed by atoms with Gasteiger partial charge >= 0.3 is 0 Å². The number of hydrogen-bond donors (Lipinski definition) is 1. The Bertz CT molecular complexity index is 132. The molecule has 72 valence electrons. The lowest BCUT2D eigenvalue weighted by Gasteiger charge is -2.24. The molecule has 1 aliphatic rings. The Balaban J connectivity index is 2.38. The van der Waals surface area contributed by atoms with Gasteiger partial charge in [-0.25, -0.2) is 0 Å². The fourth-order valence-corrected chi connectivity index (χ4v) is 2.16. The average molecular weight is 169 g/mol. The highest BCUT2D eigenvalue weighted by Gasteiger charge is 2.46. The Kier molecular flexibility index (Phi) is 3.16. The molecule has 1 heteroatoms. The molecular weight excluding hydrogens is 146 g/mol. The zero-order chi connectivity index (χ0) is 9.19. The van der Waals surface area contributed by atoms with Crippen molar-refractivity contribution in [3.05, 3.63) is 0 Å². The highest BCUT2D eigenvalue weighted by Crippen LogP contribution is 2.53. The molecule has 0 heterocycles. The van der Waals surface area contributed by atoms with E-state index in [0.717, 1.165) is 5.92 Å². The molecule has 0 radical (unpaired) electrons. The Morgan fingerprint density at radius 2 is 1.75 bits per heavy atom. The summed E-state index contributed by atoms with van der Waals surface area (Å²) in [4.78, 5) is 0. The van der Waals surface area contributed by atoms with Gasteiger partial charge in [0.1, 0.15) is 0 Å². The zero-order valence-electron chi connectivity index (χ0n) is 8.77. The fraction of sp³-hybridized carbons (Fsp3) is 1.00. The van der Waals surface area contributed by atoms with Gasteiger partial charge in [0.15, 0.2) is 0 Å². The Morgan fingerprint density at radius 3 is 2.00 bits per heavy atom. The van der Waals surface area contributed by atoms with Gasteiger partial charge in [0, 0.05) is 6.04 Å². The predicted molar refractivity (Wildman–Crippen MR) is 54.0 cm³/mol. The maximum Gasteiger partial charge on any atom is 0.00671 e. The molecule has 12 heavy (non-hydrogen) atoms. The third-order valence-corrected chi connectivity index (χ3v) is 3.71. The average Bonchev–Trinajstić information content (AvgIpc) is 2.81. The van der Waals surface area contributed by atoms with Crippen LogP contribution < -0.4 is 5.73 Å². The van der Waals surface area contributed by atoms with Gasteiger partial charge in [-0.05, 0) is 37.5 Å².